The summed E-state index contributed by atoms with van der Waals surface area (Å²) in [4.78, 5) is 12.1. The van der Waals surface area contributed by atoms with E-state index in [2.05, 4.69) is 41.0 Å². The number of alkyl carbamates (subject to hydrolysis) is 1. The number of hydrogen-bond acceptors (Lipinski definition) is 5. The highest BCUT2D eigenvalue weighted by atomic mass is 16.5. The molecule has 0 aliphatic rings. The third-order valence-corrected chi connectivity index (χ3v) is 6.00. The zero-order valence-corrected chi connectivity index (χ0v) is 20.4. The lowest BCUT2D eigenvalue weighted by Gasteiger charge is -2.38. The standard InChI is InChI=1S/C29H36N2O4/c1-34-27-19-11-10-18-26(27)29(24-14-6-4-7-15-24,25-16-8-5-9-17-25)31-21-23-35-28(33)30-20-12-2-3-13-22-32/h4-11,14-19,31-32H,2-3,12-13,20-23H2,1H3,(H,30,33). The van der Waals surface area contributed by atoms with Crippen molar-refractivity contribution >= 4 is 6.09 Å². The minimum atomic E-state index is -0.707. The molecular formula is C29H36N2O4. The van der Waals surface area contributed by atoms with Crippen LogP contribution >= 0.6 is 0 Å². The Kier molecular flexibility index (Phi) is 10.6. The van der Waals surface area contributed by atoms with Gasteiger partial charge in [-0.15, -0.1) is 0 Å². The van der Waals surface area contributed by atoms with Gasteiger partial charge in [-0.1, -0.05) is 91.7 Å². The number of carbonyl (C=O) groups is 1. The maximum atomic E-state index is 12.1. The molecule has 0 spiro atoms. The molecule has 0 heterocycles. The van der Waals surface area contributed by atoms with E-state index < -0.39 is 11.6 Å². The van der Waals surface area contributed by atoms with Gasteiger partial charge in [-0.25, -0.2) is 4.79 Å². The zero-order chi connectivity index (χ0) is 24.8. The predicted molar refractivity (Wildman–Crippen MR) is 139 cm³/mol. The van der Waals surface area contributed by atoms with Gasteiger partial charge >= 0.3 is 6.09 Å². The van der Waals surface area contributed by atoms with Crippen molar-refractivity contribution in [1.29, 1.82) is 0 Å². The van der Waals surface area contributed by atoms with Crippen LogP contribution < -0.4 is 15.4 Å². The molecular weight excluding hydrogens is 440 g/mol. The number of methoxy groups -OCH3 is 1. The van der Waals surface area contributed by atoms with E-state index in [1.54, 1.807) is 7.11 Å². The molecule has 0 saturated heterocycles. The zero-order valence-electron chi connectivity index (χ0n) is 20.4. The monoisotopic (exact) mass is 476 g/mol. The lowest BCUT2D eigenvalue weighted by atomic mass is 9.76. The summed E-state index contributed by atoms with van der Waals surface area (Å²) in [7, 11) is 1.68. The average molecular weight is 477 g/mol. The van der Waals surface area contributed by atoms with Crippen LogP contribution in [0.25, 0.3) is 0 Å². The van der Waals surface area contributed by atoms with E-state index in [4.69, 9.17) is 14.6 Å². The molecule has 35 heavy (non-hydrogen) atoms. The largest absolute Gasteiger partial charge is 0.496 e. The number of nitrogens with one attached hydrogen (secondary N) is 2. The summed E-state index contributed by atoms with van der Waals surface area (Å²) in [6.45, 7) is 1.43. The summed E-state index contributed by atoms with van der Waals surface area (Å²) in [5.41, 5.74) is 2.39. The molecule has 3 aromatic carbocycles. The Morgan fingerprint density at radius 3 is 2.03 bits per heavy atom. The molecule has 0 aliphatic carbocycles. The third-order valence-electron chi connectivity index (χ3n) is 6.00. The van der Waals surface area contributed by atoms with Gasteiger partial charge in [-0.05, 0) is 30.0 Å². The summed E-state index contributed by atoms with van der Waals surface area (Å²) in [6.07, 6.45) is 3.18. The Hall–Kier alpha value is -3.35. The number of para-hydroxylation sites is 1. The van der Waals surface area contributed by atoms with Gasteiger partial charge in [0.05, 0.1) is 12.6 Å². The van der Waals surface area contributed by atoms with Gasteiger partial charge in [0.15, 0.2) is 0 Å². The van der Waals surface area contributed by atoms with Crippen molar-refractivity contribution in [2.24, 2.45) is 0 Å². The van der Waals surface area contributed by atoms with E-state index in [-0.39, 0.29) is 13.2 Å². The van der Waals surface area contributed by atoms with Gasteiger partial charge in [-0.3, -0.25) is 5.32 Å². The molecule has 0 aromatic heterocycles. The van der Waals surface area contributed by atoms with Crippen molar-refractivity contribution in [1.82, 2.24) is 10.6 Å². The molecule has 0 saturated carbocycles. The smallest absolute Gasteiger partial charge is 0.407 e. The highest BCUT2D eigenvalue weighted by Gasteiger charge is 2.38. The molecule has 0 bridgehead atoms. The van der Waals surface area contributed by atoms with Gasteiger partial charge < -0.3 is 19.9 Å². The fourth-order valence-electron chi connectivity index (χ4n) is 4.32. The van der Waals surface area contributed by atoms with Gasteiger partial charge in [0.1, 0.15) is 12.4 Å². The van der Waals surface area contributed by atoms with Crippen molar-refractivity contribution in [3.8, 4) is 5.75 Å². The normalized spacial score (nSPS) is 11.1. The maximum absolute atomic E-state index is 12.1. The number of unbranched alkanes of at least 4 members (excludes halogenated alkanes) is 3. The average Bonchev–Trinajstić information content (AvgIpc) is 2.92. The van der Waals surface area contributed by atoms with Crippen molar-refractivity contribution in [2.45, 2.75) is 31.2 Å². The summed E-state index contributed by atoms with van der Waals surface area (Å²) >= 11 is 0. The summed E-state index contributed by atoms with van der Waals surface area (Å²) in [5.74, 6) is 0.771. The number of ether oxygens (including phenoxy) is 2. The second-order valence-electron chi connectivity index (χ2n) is 8.31. The van der Waals surface area contributed by atoms with Crippen LogP contribution in [0.3, 0.4) is 0 Å². The van der Waals surface area contributed by atoms with E-state index in [0.29, 0.717) is 13.1 Å². The van der Waals surface area contributed by atoms with Crippen molar-refractivity contribution in [3.63, 3.8) is 0 Å². The number of aliphatic hydroxyl groups is 1. The molecule has 6 nitrogen and oxygen atoms in total. The van der Waals surface area contributed by atoms with Gasteiger partial charge in [0.2, 0.25) is 0 Å². The molecule has 0 aliphatic heterocycles. The number of aliphatic hydroxyl groups excluding tert-OH is 1. The van der Waals surface area contributed by atoms with Crippen molar-refractivity contribution < 1.29 is 19.4 Å². The molecule has 0 unspecified atom stereocenters. The maximum Gasteiger partial charge on any atom is 0.407 e. The minimum Gasteiger partial charge on any atom is -0.496 e. The number of amides is 1. The highest BCUT2D eigenvalue weighted by molar-refractivity contribution is 5.67. The Morgan fingerprint density at radius 2 is 1.40 bits per heavy atom. The topological polar surface area (TPSA) is 79.8 Å². The van der Waals surface area contributed by atoms with Crippen LogP contribution in [0.5, 0.6) is 5.75 Å². The molecule has 186 valence electrons. The second-order valence-corrected chi connectivity index (χ2v) is 8.31. The van der Waals surface area contributed by atoms with E-state index in [0.717, 1.165) is 48.1 Å². The van der Waals surface area contributed by atoms with E-state index in [9.17, 15) is 4.79 Å². The fourth-order valence-corrected chi connectivity index (χ4v) is 4.32. The first-order chi connectivity index (χ1) is 17.2. The van der Waals surface area contributed by atoms with Crippen LogP contribution in [-0.4, -0.2) is 44.6 Å². The van der Waals surface area contributed by atoms with Crippen LogP contribution in [0.2, 0.25) is 0 Å². The van der Waals surface area contributed by atoms with E-state index in [1.807, 2.05) is 54.6 Å². The predicted octanol–water partition coefficient (Wildman–Crippen LogP) is 4.86. The number of hydrogen-bond donors (Lipinski definition) is 3. The number of benzene rings is 3. The summed E-state index contributed by atoms with van der Waals surface area (Å²) in [6, 6.07) is 28.5. The van der Waals surface area contributed by atoms with Crippen molar-refractivity contribution in [3.05, 3.63) is 102 Å². The molecule has 0 radical (unpaired) electrons. The van der Waals surface area contributed by atoms with Crippen LogP contribution in [0.15, 0.2) is 84.9 Å². The highest BCUT2D eigenvalue weighted by Crippen LogP contribution is 2.41. The second kappa shape index (κ2) is 14.1. The molecule has 1 amide bonds. The Bertz CT molecular complexity index is 972. The number of carbonyl (C=O) groups excluding carboxylic acids is 1. The molecule has 6 heteroatoms. The summed E-state index contributed by atoms with van der Waals surface area (Å²) in [5, 5.41) is 15.3. The lowest BCUT2D eigenvalue weighted by Crippen LogP contribution is -2.46. The SMILES string of the molecule is COc1ccccc1C(NCCOC(=O)NCCCCCCO)(c1ccccc1)c1ccccc1. The van der Waals surface area contributed by atoms with Crippen LogP contribution in [-0.2, 0) is 10.3 Å². The Balaban J connectivity index is 1.77. The fraction of sp³-hybridized carbons (Fsp3) is 0.345. The van der Waals surface area contributed by atoms with Crippen LogP contribution in [0.1, 0.15) is 42.4 Å². The third kappa shape index (κ3) is 7.07. The Labute approximate surface area is 208 Å². The van der Waals surface area contributed by atoms with Crippen LogP contribution in [0, 0.1) is 0 Å². The molecule has 3 rings (SSSR count). The van der Waals surface area contributed by atoms with Gasteiger partial charge in [0, 0.05) is 25.3 Å². The van der Waals surface area contributed by atoms with E-state index in [1.165, 1.54) is 0 Å². The molecule has 3 N–H and O–H groups in total. The first kappa shape index (κ1) is 26.3. The first-order valence-electron chi connectivity index (χ1n) is 12.2. The van der Waals surface area contributed by atoms with Gasteiger partial charge in [0.25, 0.3) is 0 Å². The lowest BCUT2D eigenvalue weighted by molar-refractivity contribution is 0.144. The van der Waals surface area contributed by atoms with E-state index >= 15 is 0 Å². The minimum absolute atomic E-state index is 0.213. The van der Waals surface area contributed by atoms with Gasteiger partial charge in [-0.2, -0.15) is 0 Å². The Morgan fingerprint density at radius 1 is 0.800 bits per heavy atom. The molecule has 3 aromatic rings. The van der Waals surface area contributed by atoms with Crippen molar-refractivity contribution in [2.75, 3.05) is 33.4 Å². The first-order valence-corrected chi connectivity index (χ1v) is 12.2. The molecule has 0 fully saturated rings. The summed E-state index contributed by atoms with van der Waals surface area (Å²) < 4.78 is 11.2. The molecule has 0 atom stereocenters. The number of rotatable bonds is 14. The quantitative estimate of drug-likeness (QED) is 0.229. The van der Waals surface area contributed by atoms with Crippen LogP contribution in [0.4, 0.5) is 4.79 Å².